The predicted molar refractivity (Wildman–Crippen MR) is 90.3 cm³/mol. The largest absolute Gasteiger partial charge is 0.478 e. The number of benzene rings is 2. The number of carboxylic acids is 1. The first kappa shape index (κ1) is 19.0. The van der Waals surface area contributed by atoms with Gasteiger partial charge in [-0.05, 0) is 23.3 Å². The van der Waals surface area contributed by atoms with Crippen molar-refractivity contribution in [2.45, 2.75) is 11.8 Å². The molecule has 0 saturated heterocycles. The highest BCUT2D eigenvalue weighted by Gasteiger charge is 2.09. The fraction of sp³-hybridized carbons (Fsp3) is 0.176. The van der Waals surface area contributed by atoms with Gasteiger partial charge in [-0.25, -0.2) is 9.59 Å². The van der Waals surface area contributed by atoms with Crippen molar-refractivity contribution in [3.05, 3.63) is 70.8 Å². The number of rotatable bonds is 4. The van der Waals surface area contributed by atoms with E-state index < -0.39 is 5.97 Å². The molecule has 1 N–H and O–H groups in total. The molecule has 2 aromatic rings. The maximum Gasteiger partial charge on any atom is 0.338 e. The number of aromatic carboxylic acids is 1. The minimum absolute atomic E-state index is 0.239. The smallest absolute Gasteiger partial charge is 0.338 e. The second-order valence-corrected chi connectivity index (χ2v) is 4.91. The number of carbonyl (C=O) groups is 2. The predicted octanol–water partition coefficient (Wildman–Crippen LogP) is 4.34. The van der Waals surface area contributed by atoms with Crippen molar-refractivity contribution in [2.75, 3.05) is 7.11 Å². The maximum atomic E-state index is 11.1. The van der Waals surface area contributed by atoms with Crippen LogP contribution in [0.15, 0.2) is 48.5 Å². The molecule has 0 fully saturated rings. The number of hydrogen-bond acceptors (Lipinski definition) is 3. The summed E-state index contributed by atoms with van der Waals surface area (Å²) in [4.78, 5) is 21.6. The summed E-state index contributed by atoms with van der Waals surface area (Å²) in [6, 6.07) is 13.8. The molecule has 2 rings (SSSR count). The van der Waals surface area contributed by atoms with Gasteiger partial charge in [0.05, 0.1) is 18.2 Å². The number of methoxy groups -OCH3 is 1. The van der Waals surface area contributed by atoms with E-state index in [9.17, 15) is 9.59 Å². The van der Waals surface area contributed by atoms with Crippen molar-refractivity contribution in [1.82, 2.24) is 0 Å². The monoisotopic (exact) mass is 354 g/mol. The molecule has 0 aromatic heterocycles. The van der Waals surface area contributed by atoms with E-state index in [1.54, 1.807) is 42.5 Å². The summed E-state index contributed by atoms with van der Waals surface area (Å²) < 4.78 is 4.58. The maximum absolute atomic E-state index is 11.1. The minimum atomic E-state index is -0.929. The highest BCUT2D eigenvalue weighted by molar-refractivity contribution is 6.18. The van der Waals surface area contributed by atoms with E-state index in [-0.39, 0.29) is 17.4 Å². The van der Waals surface area contributed by atoms with Crippen LogP contribution < -0.4 is 0 Å². The van der Waals surface area contributed by atoms with E-state index in [4.69, 9.17) is 28.3 Å². The summed E-state index contributed by atoms with van der Waals surface area (Å²) in [6.07, 6.45) is 0. The Labute approximate surface area is 144 Å². The summed E-state index contributed by atoms with van der Waals surface area (Å²) in [5.74, 6) is -0.708. The first-order valence-corrected chi connectivity index (χ1v) is 7.71. The Morgan fingerprint density at radius 3 is 1.74 bits per heavy atom. The lowest BCUT2D eigenvalue weighted by Gasteiger charge is -2.03. The number of carboxylic acid groups (broad SMARTS) is 1. The van der Waals surface area contributed by atoms with E-state index >= 15 is 0 Å². The van der Waals surface area contributed by atoms with E-state index in [0.717, 1.165) is 5.56 Å². The van der Waals surface area contributed by atoms with Gasteiger partial charge in [-0.2, -0.15) is 0 Å². The molecule has 0 bridgehead atoms. The van der Waals surface area contributed by atoms with Crippen LogP contribution in [-0.2, 0) is 16.5 Å². The van der Waals surface area contributed by atoms with Crippen molar-refractivity contribution in [3.8, 4) is 0 Å². The van der Waals surface area contributed by atoms with Crippen LogP contribution in [0.4, 0.5) is 0 Å². The zero-order chi connectivity index (χ0) is 17.2. The van der Waals surface area contributed by atoms with Crippen molar-refractivity contribution in [2.24, 2.45) is 0 Å². The fourth-order valence-corrected chi connectivity index (χ4v) is 2.26. The average molecular weight is 355 g/mol. The van der Waals surface area contributed by atoms with Gasteiger partial charge >= 0.3 is 11.9 Å². The Bertz CT molecular complexity index is 671. The van der Waals surface area contributed by atoms with Gasteiger partial charge in [0.15, 0.2) is 0 Å². The molecule has 122 valence electrons. The van der Waals surface area contributed by atoms with Crippen LogP contribution in [0.25, 0.3) is 0 Å². The van der Waals surface area contributed by atoms with Gasteiger partial charge < -0.3 is 9.84 Å². The SMILES string of the molecule is COC(=O)c1ccccc1CCl.O=C(O)c1ccccc1CCl. The summed E-state index contributed by atoms with van der Waals surface area (Å²) >= 11 is 11.1. The van der Waals surface area contributed by atoms with Crippen molar-refractivity contribution in [3.63, 3.8) is 0 Å². The van der Waals surface area contributed by atoms with Gasteiger partial charge in [-0.15, -0.1) is 23.2 Å². The number of esters is 1. The van der Waals surface area contributed by atoms with Gasteiger partial charge in [0.1, 0.15) is 0 Å². The van der Waals surface area contributed by atoms with Crippen LogP contribution in [0, 0.1) is 0 Å². The normalized spacial score (nSPS) is 9.52. The lowest BCUT2D eigenvalue weighted by Crippen LogP contribution is -2.04. The molecule has 0 saturated carbocycles. The molecule has 0 spiro atoms. The molecule has 0 aliphatic rings. The Balaban J connectivity index is 0.000000231. The van der Waals surface area contributed by atoms with Crippen molar-refractivity contribution in [1.29, 1.82) is 0 Å². The lowest BCUT2D eigenvalue weighted by atomic mass is 10.1. The van der Waals surface area contributed by atoms with Crippen molar-refractivity contribution >= 4 is 35.1 Å². The van der Waals surface area contributed by atoms with E-state index in [1.807, 2.05) is 6.07 Å². The standard InChI is InChI=1S/C9H9ClO2.C8H7ClO2/c1-12-9(11)8-5-3-2-4-7(8)6-10;9-5-6-3-1-2-4-7(6)8(10)11/h2-5H,6H2,1H3;1-4H,5H2,(H,10,11). The molecule has 6 heteroatoms. The average Bonchev–Trinajstić information content (AvgIpc) is 2.61. The van der Waals surface area contributed by atoms with Crippen LogP contribution >= 0.6 is 23.2 Å². The van der Waals surface area contributed by atoms with Crippen LogP contribution in [0.3, 0.4) is 0 Å². The zero-order valence-corrected chi connectivity index (χ0v) is 14.0. The number of ether oxygens (including phenoxy) is 1. The summed E-state index contributed by atoms with van der Waals surface area (Å²) in [5.41, 5.74) is 2.27. The molecule has 0 heterocycles. The van der Waals surface area contributed by atoms with Gasteiger partial charge in [-0.1, -0.05) is 36.4 Å². The van der Waals surface area contributed by atoms with Gasteiger partial charge in [-0.3, -0.25) is 0 Å². The first-order chi connectivity index (χ1) is 11.0. The third kappa shape index (κ3) is 5.58. The molecule has 23 heavy (non-hydrogen) atoms. The summed E-state index contributed by atoms with van der Waals surface area (Å²) in [6.45, 7) is 0. The Kier molecular flexibility index (Phi) is 8.16. The molecular formula is C17H16Cl2O4. The van der Waals surface area contributed by atoms with Gasteiger partial charge in [0.2, 0.25) is 0 Å². The van der Waals surface area contributed by atoms with Crippen LogP contribution in [0.2, 0.25) is 0 Å². The molecule has 4 nitrogen and oxygen atoms in total. The highest BCUT2D eigenvalue weighted by atomic mass is 35.5. The second kappa shape index (κ2) is 9.87. The van der Waals surface area contributed by atoms with Crippen LogP contribution in [0.5, 0.6) is 0 Å². The molecule has 0 unspecified atom stereocenters. The Morgan fingerprint density at radius 2 is 1.35 bits per heavy atom. The molecule has 2 aromatic carbocycles. The first-order valence-electron chi connectivity index (χ1n) is 6.64. The zero-order valence-electron chi connectivity index (χ0n) is 12.5. The van der Waals surface area contributed by atoms with E-state index in [1.165, 1.54) is 7.11 Å². The summed E-state index contributed by atoms with van der Waals surface area (Å²) in [7, 11) is 1.35. The molecule has 0 radical (unpaired) electrons. The number of hydrogen-bond donors (Lipinski definition) is 1. The fourth-order valence-electron chi connectivity index (χ4n) is 1.79. The molecule has 0 amide bonds. The minimum Gasteiger partial charge on any atom is -0.478 e. The van der Waals surface area contributed by atoms with Gasteiger partial charge in [0.25, 0.3) is 0 Å². The topological polar surface area (TPSA) is 63.6 Å². The van der Waals surface area contributed by atoms with Gasteiger partial charge in [0, 0.05) is 11.8 Å². The Morgan fingerprint density at radius 1 is 0.913 bits per heavy atom. The second-order valence-electron chi connectivity index (χ2n) is 4.38. The number of halogens is 2. The molecule has 0 aliphatic carbocycles. The van der Waals surface area contributed by atoms with Crippen LogP contribution in [-0.4, -0.2) is 24.2 Å². The molecule has 0 aliphatic heterocycles. The van der Waals surface area contributed by atoms with E-state index in [2.05, 4.69) is 4.74 Å². The summed E-state index contributed by atoms with van der Waals surface area (Å²) in [5, 5.41) is 8.64. The lowest BCUT2D eigenvalue weighted by molar-refractivity contribution is 0.0599. The van der Waals surface area contributed by atoms with Crippen LogP contribution in [0.1, 0.15) is 31.8 Å². The molecule has 0 atom stereocenters. The van der Waals surface area contributed by atoms with Crippen molar-refractivity contribution < 1.29 is 19.4 Å². The highest BCUT2D eigenvalue weighted by Crippen LogP contribution is 2.12. The Hall–Kier alpha value is -2.04. The quantitative estimate of drug-likeness (QED) is 0.655. The third-order valence-electron chi connectivity index (χ3n) is 2.96. The number of alkyl halides is 2. The molecular weight excluding hydrogens is 339 g/mol. The number of carbonyl (C=O) groups excluding carboxylic acids is 1. The third-order valence-corrected chi connectivity index (χ3v) is 3.53. The van der Waals surface area contributed by atoms with E-state index in [0.29, 0.717) is 17.0 Å².